The molecule has 1 aliphatic carbocycles. The maximum Gasteiger partial charge on any atom is 0.123 e. The highest BCUT2D eigenvalue weighted by atomic mass is 35.5. The van der Waals surface area contributed by atoms with E-state index in [4.69, 9.17) is 11.6 Å². The summed E-state index contributed by atoms with van der Waals surface area (Å²) in [5.74, 6) is -0.225. The van der Waals surface area contributed by atoms with Crippen LogP contribution in [0.2, 0.25) is 5.02 Å². The van der Waals surface area contributed by atoms with Crippen LogP contribution in [-0.2, 0) is 0 Å². The van der Waals surface area contributed by atoms with E-state index in [0.29, 0.717) is 5.02 Å². The van der Waals surface area contributed by atoms with Crippen molar-refractivity contribution < 1.29 is 4.39 Å². The van der Waals surface area contributed by atoms with Crippen LogP contribution in [0.25, 0.3) is 0 Å². The lowest BCUT2D eigenvalue weighted by atomic mass is 9.78. The molecule has 2 rings (SSSR count). The molecular weight excluding hydrogens is 287 g/mol. The normalized spacial score (nSPS) is 20.3. The lowest BCUT2D eigenvalue weighted by molar-refractivity contribution is 0.0834. The zero-order valence-corrected chi connectivity index (χ0v) is 14.0. The van der Waals surface area contributed by atoms with E-state index in [1.807, 2.05) is 7.05 Å². The zero-order valence-electron chi connectivity index (χ0n) is 13.3. The Hall–Kier alpha value is -0.640. The van der Waals surface area contributed by atoms with Crippen molar-refractivity contribution in [3.8, 4) is 0 Å². The fourth-order valence-electron chi connectivity index (χ4n) is 3.78. The first-order valence-electron chi connectivity index (χ1n) is 7.81. The minimum atomic E-state index is -0.225. The summed E-state index contributed by atoms with van der Waals surface area (Å²) in [5, 5.41) is 4.05. The molecule has 0 saturated heterocycles. The summed E-state index contributed by atoms with van der Waals surface area (Å²) in [5.41, 5.74) is 0.859. The van der Waals surface area contributed by atoms with Gasteiger partial charge in [-0.1, -0.05) is 37.3 Å². The fourth-order valence-corrected chi connectivity index (χ4v) is 4.01. The van der Waals surface area contributed by atoms with Crippen LogP contribution in [0, 0.1) is 5.82 Å². The zero-order chi connectivity index (χ0) is 15.5. The van der Waals surface area contributed by atoms with E-state index in [-0.39, 0.29) is 17.4 Å². The molecule has 1 aromatic carbocycles. The van der Waals surface area contributed by atoms with Crippen LogP contribution >= 0.6 is 11.6 Å². The van der Waals surface area contributed by atoms with Crippen LogP contribution in [0.4, 0.5) is 4.39 Å². The van der Waals surface area contributed by atoms with E-state index in [1.54, 1.807) is 12.1 Å². The highest BCUT2D eigenvalue weighted by Crippen LogP contribution is 2.42. The Morgan fingerprint density at radius 2 is 1.81 bits per heavy atom. The van der Waals surface area contributed by atoms with Crippen molar-refractivity contribution in [2.24, 2.45) is 0 Å². The van der Waals surface area contributed by atoms with Crippen molar-refractivity contribution in [3.05, 3.63) is 34.6 Å². The van der Waals surface area contributed by atoms with Crippen molar-refractivity contribution in [1.29, 1.82) is 0 Å². The maximum atomic E-state index is 13.7. The number of hydrogen-bond donors (Lipinski definition) is 1. The molecule has 0 heterocycles. The van der Waals surface area contributed by atoms with Gasteiger partial charge >= 0.3 is 0 Å². The van der Waals surface area contributed by atoms with E-state index in [0.717, 1.165) is 18.4 Å². The van der Waals surface area contributed by atoms with Crippen molar-refractivity contribution >= 4 is 11.6 Å². The molecule has 118 valence electrons. The Morgan fingerprint density at radius 3 is 2.33 bits per heavy atom. The molecule has 1 unspecified atom stereocenters. The molecule has 0 aromatic heterocycles. The quantitative estimate of drug-likeness (QED) is 0.829. The Labute approximate surface area is 132 Å². The molecule has 0 radical (unpaired) electrons. The van der Waals surface area contributed by atoms with Gasteiger partial charge in [-0.25, -0.2) is 4.39 Å². The third-order valence-corrected chi connectivity index (χ3v) is 5.30. The van der Waals surface area contributed by atoms with E-state index >= 15 is 0 Å². The molecule has 1 aliphatic rings. The van der Waals surface area contributed by atoms with Crippen LogP contribution in [0.15, 0.2) is 18.2 Å². The monoisotopic (exact) mass is 312 g/mol. The maximum absolute atomic E-state index is 13.7. The molecule has 1 fully saturated rings. The smallest absolute Gasteiger partial charge is 0.123 e. The molecule has 1 aromatic rings. The number of nitrogens with zero attached hydrogens (tertiary/aromatic N) is 1. The second-order valence-corrected chi connectivity index (χ2v) is 6.71. The van der Waals surface area contributed by atoms with Gasteiger partial charge in [-0.05, 0) is 57.7 Å². The summed E-state index contributed by atoms with van der Waals surface area (Å²) < 4.78 is 13.7. The number of halogens is 2. The Morgan fingerprint density at radius 1 is 1.19 bits per heavy atom. The molecule has 0 amide bonds. The highest BCUT2D eigenvalue weighted by Gasteiger charge is 2.41. The molecule has 2 nitrogen and oxygen atoms in total. The van der Waals surface area contributed by atoms with Gasteiger partial charge in [0.25, 0.3) is 0 Å². The molecule has 0 spiro atoms. The van der Waals surface area contributed by atoms with E-state index in [2.05, 4.69) is 24.3 Å². The number of rotatable bonds is 4. The van der Waals surface area contributed by atoms with E-state index in [1.165, 1.54) is 31.7 Å². The first-order valence-corrected chi connectivity index (χ1v) is 8.19. The van der Waals surface area contributed by atoms with Crippen LogP contribution in [0.3, 0.4) is 0 Å². The molecule has 1 N–H and O–H groups in total. The Bertz CT molecular complexity index is 468. The summed E-state index contributed by atoms with van der Waals surface area (Å²) in [7, 11) is 6.20. The van der Waals surface area contributed by atoms with Crippen molar-refractivity contribution in [1.82, 2.24) is 10.2 Å². The molecule has 1 saturated carbocycles. The number of nitrogens with one attached hydrogen (secondary N) is 1. The van der Waals surface area contributed by atoms with Gasteiger partial charge in [-0.15, -0.1) is 0 Å². The summed E-state index contributed by atoms with van der Waals surface area (Å²) in [6, 6.07) is 4.71. The van der Waals surface area contributed by atoms with Gasteiger partial charge in [0.1, 0.15) is 5.82 Å². The average molecular weight is 313 g/mol. The van der Waals surface area contributed by atoms with Crippen LogP contribution in [0.5, 0.6) is 0 Å². The summed E-state index contributed by atoms with van der Waals surface area (Å²) in [6.45, 7) is 0. The third kappa shape index (κ3) is 3.41. The molecule has 4 heteroatoms. The number of hydrogen-bond acceptors (Lipinski definition) is 2. The van der Waals surface area contributed by atoms with Crippen LogP contribution < -0.4 is 5.32 Å². The van der Waals surface area contributed by atoms with Gasteiger partial charge < -0.3 is 10.2 Å². The van der Waals surface area contributed by atoms with Crippen LogP contribution in [-0.4, -0.2) is 31.6 Å². The minimum Gasteiger partial charge on any atom is -0.311 e. The van der Waals surface area contributed by atoms with E-state index in [9.17, 15) is 4.39 Å². The molecule has 1 atom stereocenters. The summed E-state index contributed by atoms with van der Waals surface area (Å²) in [6.07, 6.45) is 7.20. The number of benzene rings is 1. The van der Waals surface area contributed by atoms with Crippen LogP contribution in [0.1, 0.15) is 50.1 Å². The van der Waals surface area contributed by atoms with Crippen molar-refractivity contribution in [3.63, 3.8) is 0 Å². The van der Waals surface area contributed by atoms with Gasteiger partial charge in [-0.3, -0.25) is 0 Å². The number of likely N-dealkylation sites (N-methyl/N-ethyl adjacent to an activating group) is 2. The first-order chi connectivity index (χ1) is 10.0. The largest absolute Gasteiger partial charge is 0.311 e. The lowest BCUT2D eigenvalue weighted by Gasteiger charge is -2.46. The average Bonchev–Trinajstić information content (AvgIpc) is 2.70. The first kappa shape index (κ1) is 16.7. The van der Waals surface area contributed by atoms with Gasteiger partial charge in [-0.2, -0.15) is 0 Å². The summed E-state index contributed by atoms with van der Waals surface area (Å²) in [4.78, 5) is 2.31. The molecule has 0 aliphatic heterocycles. The van der Waals surface area contributed by atoms with Gasteiger partial charge in [0.05, 0.1) is 6.04 Å². The summed E-state index contributed by atoms with van der Waals surface area (Å²) >= 11 is 6.37. The topological polar surface area (TPSA) is 15.3 Å². The van der Waals surface area contributed by atoms with Crippen molar-refractivity contribution in [2.45, 2.75) is 50.1 Å². The van der Waals surface area contributed by atoms with Gasteiger partial charge in [0.15, 0.2) is 0 Å². The highest BCUT2D eigenvalue weighted by molar-refractivity contribution is 6.31. The van der Waals surface area contributed by atoms with Crippen molar-refractivity contribution in [2.75, 3.05) is 21.1 Å². The SMILES string of the molecule is CNC(c1cc(F)ccc1Cl)C1(N(C)C)CCCCCC1. The third-order valence-electron chi connectivity index (χ3n) is 4.96. The molecule has 21 heavy (non-hydrogen) atoms. The Kier molecular flexibility index (Phi) is 5.64. The van der Waals surface area contributed by atoms with E-state index < -0.39 is 0 Å². The molecular formula is C17H26ClFN2. The van der Waals surface area contributed by atoms with Gasteiger partial charge in [0, 0.05) is 10.6 Å². The Balaban J connectivity index is 2.46. The minimum absolute atomic E-state index is 0.0112. The molecule has 0 bridgehead atoms. The standard InChI is InChI=1S/C17H26ClFN2/c1-20-16(14-12-13(19)8-9-15(14)18)17(21(2)3)10-6-4-5-7-11-17/h8-9,12,16,20H,4-7,10-11H2,1-3H3. The second-order valence-electron chi connectivity index (χ2n) is 6.30. The predicted octanol–water partition coefficient (Wildman–Crippen LogP) is 4.39. The fraction of sp³-hybridized carbons (Fsp3) is 0.647. The lowest BCUT2D eigenvalue weighted by Crippen LogP contribution is -2.53. The second kappa shape index (κ2) is 7.08. The predicted molar refractivity (Wildman–Crippen MR) is 87.3 cm³/mol. The van der Waals surface area contributed by atoms with Gasteiger partial charge in [0.2, 0.25) is 0 Å².